The van der Waals surface area contributed by atoms with Crippen LogP contribution in [0.1, 0.15) is 46.3 Å². The van der Waals surface area contributed by atoms with Gasteiger partial charge in [0.1, 0.15) is 18.1 Å². The summed E-state index contributed by atoms with van der Waals surface area (Å²) < 4.78 is 41.0. The van der Waals surface area contributed by atoms with Crippen LogP contribution in [0.2, 0.25) is 0 Å². The molecule has 1 saturated carbocycles. The van der Waals surface area contributed by atoms with Gasteiger partial charge in [0.15, 0.2) is 5.78 Å². The van der Waals surface area contributed by atoms with Crippen molar-refractivity contribution in [1.82, 2.24) is 15.1 Å². The average Bonchev–Trinajstić information content (AvgIpc) is 3.27. The molecule has 40 heavy (non-hydrogen) atoms. The molecule has 1 aliphatic carbocycles. The normalized spacial score (nSPS) is 20.0. The van der Waals surface area contributed by atoms with E-state index in [1.807, 2.05) is 0 Å². The zero-order valence-corrected chi connectivity index (χ0v) is 22.0. The number of morpholine rings is 1. The zero-order chi connectivity index (χ0) is 28.3. The predicted octanol–water partition coefficient (Wildman–Crippen LogP) is 2.45. The van der Waals surface area contributed by atoms with E-state index in [1.54, 1.807) is 24.3 Å². The van der Waals surface area contributed by atoms with Crippen LogP contribution in [-0.4, -0.2) is 78.7 Å². The molecule has 2 amide bonds. The SMILES string of the molecule is O=C1CCC(N2Cc3cc(CNC(=O)C(F)(F)c4cccc(OCCN5CCOCC5)c4)ccc3C2=O)C(=O)C1. The van der Waals surface area contributed by atoms with Crippen molar-refractivity contribution in [2.75, 3.05) is 39.5 Å². The molecule has 0 bridgehead atoms. The number of ketones is 2. The fraction of sp³-hybridized carbons (Fsp3) is 0.448. The van der Waals surface area contributed by atoms with Crippen LogP contribution >= 0.6 is 0 Å². The highest BCUT2D eigenvalue weighted by Gasteiger charge is 2.41. The lowest BCUT2D eigenvalue weighted by molar-refractivity contribution is -0.147. The molecule has 0 radical (unpaired) electrons. The second kappa shape index (κ2) is 11.8. The highest BCUT2D eigenvalue weighted by molar-refractivity contribution is 6.07. The monoisotopic (exact) mass is 555 g/mol. The van der Waals surface area contributed by atoms with Crippen LogP contribution in [0.3, 0.4) is 0 Å². The summed E-state index contributed by atoms with van der Waals surface area (Å²) >= 11 is 0. The fourth-order valence-corrected chi connectivity index (χ4v) is 5.27. The number of hydrogen-bond acceptors (Lipinski definition) is 7. The molecular weight excluding hydrogens is 524 g/mol. The van der Waals surface area contributed by atoms with Gasteiger partial charge in [-0.15, -0.1) is 0 Å². The van der Waals surface area contributed by atoms with Gasteiger partial charge < -0.3 is 19.7 Å². The highest BCUT2D eigenvalue weighted by atomic mass is 19.3. The number of benzene rings is 2. The third-order valence-corrected chi connectivity index (χ3v) is 7.53. The molecule has 2 aromatic carbocycles. The van der Waals surface area contributed by atoms with Crippen LogP contribution in [0.5, 0.6) is 5.75 Å². The van der Waals surface area contributed by atoms with Gasteiger partial charge in [0.2, 0.25) is 0 Å². The van der Waals surface area contributed by atoms with Crippen molar-refractivity contribution in [2.24, 2.45) is 0 Å². The Morgan fingerprint density at radius 2 is 1.90 bits per heavy atom. The van der Waals surface area contributed by atoms with Gasteiger partial charge in [-0.25, -0.2) is 0 Å². The number of ether oxygens (including phenoxy) is 2. The fourth-order valence-electron chi connectivity index (χ4n) is 5.27. The number of nitrogens with zero attached hydrogens (tertiary/aromatic N) is 2. The summed E-state index contributed by atoms with van der Waals surface area (Å²) in [6, 6.07) is 9.56. The Bertz CT molecular complexity index is 1310. The van der Waals surface area contributed by atoms with E-state index >= 15 is 8.78 Å². The number of halogens is 2. The molecule has 2 aromatic rings. The van der Waals surface area contributed by atoms with Gasteiger partial charge in [0.05, 0.1) is 25.7 Å². The first-order valence-electron chi connectivity index (χ1n) is 13.4. The van der Waals surface area contributed by atoms with E-state index in [2.05, 4.69) is 10.2 Å². The molecule has 3 aliphatic rings. The number of rotatable bonds is 9. The number of hydrogen-bond donors (Lipinski definition) is 1. The molecule has 1 atom stereocenters. The Kier molecular flexibility index (Phi) is 8.22. The molecule has 0 aromatic heterocycles. The van der Waals surface area contributed by atoms with Crippen LogP contribution in [-0.2, 0) is 38.1 Å². The quantitative estimate of drug-likeness (QED) is 0.474. The van der Waals surface area contributed by atoms with Gasteiger partial charge in [0, 0.05) is 50.3 Å². The first-order valence-corrected chi connectivity index (χ1v) is 13.4. The van der Waals surface area contributed by atoms with Crippen LogP contribution in [0, 0.1) is 0 Å². The summed E-state index contributed by atoms with van der Waals surface area (Å²) in [5.41, 5.74) is 1.15. The van der Waals surface area contributed by atoms with Crippen molar-refractivity contribution in [3.63, 3.8) is 0 Å². The summed E-state index contributed by atoms with van der Waals surface area (Å²) in [7, 11) is 0. The number of fused-ring (bicyclic) bond motifs is 1. The molecule has 1 saturated heterocycles. The molecule has 9 nitrogen and oxygen atoms in total. The van der Waals surface area contributed by atoms with Crippen molar-refractivity contribution >= 4 is 23.4 Å². The largest absolute Gasteiger partial charge is 0.492 e. The van der Waals surface area contributed by atoms with Crippen LogP contribution < -0.4 is 10.1 Å². The Balaban J connectivity index is 1.17. The van der Waals surface area contributed by atoms with Crippen molar-refractivity contribution in [2.45, 2.75) is 44.3 Å². The van der Waals surface area contributed by atoms with Gasteiger partial charge in [-0.05, 0) is 35.7 Å². The topological polar surface area (TPSA) is 105 Å². The molecular formula is C29H31F2N3O6. The second-order valence-electron chi connectivity index (χ2n) is 10.2. The number of carbonyl (C=O) groups excluding carboxylic acids is 4. The minimum Gasteiger partial charge on any atom is -0.492 e. The third kappa shape index (κ3) is 6.05. The van der Waals surface area contributed by atoms with E-state index in [9.17, 15) is 19.2 Å². The maximum Gasteiger partial charge on any atom is 0.349 e. The highest BCUT2D eigenvalue weighted by Crippen LogP contribution is 2.32. The maximum atomic E-state index is 15.0. The van der Waals surface area contributed by atoms with Gasteiger partial charge in [-0.2, -0.15) is 8.78 Å². The van der Waals surface area contributed by atoms with E-state index in [1.165, 1.54) is 23.1 Å². The Hall–Kier alpha value is -3.70. The summed E-state index contributed by atoms with van der Waals surface area (Å²) in [5, 5.41) is 2.29. The molecule has 212 valence electrons. The number of Topliss-reactive ketones (excluding diaryl/α,β-unsaturated/α-hetero) is 2. The smallest absolute Gasteiger partial charge is 0.349 e. The van der Waals surface area contributed by atoms with E-state index in [4.69, 9.17) is 9.47 Å². The molecule has 2 aliphatic heterocycles. The Labute approximate surface area is 230 Å². The summed E-state index contributed by atoms with van der Waals surface area (Å²) in [5.74, 6) is -5.66. The van der Waals surface area contributed by atoms with Crippen molar-refractivity contribution in [1.29, 1.82) is 0 Å². The molecule has 5 rings (SSSR count). The zero-order valence-electron chi connectivity index (χ0n) is 22.0. The number of alkyl halides is 2. The Morgan fingerprint density at radius 3 is 2.67 bits per heavy atom. The van der Waals surface area contributed by atoms with Gasteiger partial charge in [-0.3, -0.25) is 24.1 Å². The summed E-state index contributed by atoms with van der Waals surface area (Å²) in [4.78, 5) is 52.9. The van der Waals surface area contributed by atoms with Gasteiger partial charge in [-0.1, -0.05) is 24.3 Å². The van der Waals surface area contributed by atoms with E-state index in [0.717, 1.165) is 13.1 Å². The van der Waals surface area contributed by atoms with Crippen LogP contribution in [0.4, 0.5) is 8.78 Å². The van der Waals surface area contributed by atoms with Crippen molar-refractivity contribution < 1.29 is 37.4 Å². The number of carbonyl (C=O) groups is 4. The molecule has 1 unspecified atom stereocenters. The predicted molar refractivity (Wildman–Crippen MR) is 139 cm³/mol. The second-order valence-corrected chi connectivity index (χ2v) is 10.2. The lowest BCUT2D eigenvalue weighted by Crippen LogP contribution is -2.44. The number of amides is 2. The molecule has 11 heteroatoms. The molecule has 2 fully saturated rings. The first-order chi connectivity index (χ1) is 19.2. The van der Waals surface area contributed by atoms with Crippen LogP contribution in [0.15, 0.2) is 42.5 Å². The van der Waals surface area contributed by atoms with Crippen molar-refractivity contribution in [3.05, 3.63) is 64.7 Å². The average molecular weight is 556 g/mol. The van der Waals surface area contributed by atoms with Crippen LogP contribution in [0.25, 0.3) is 0 Å². The lowest BCUT2D eigenvalue weighted by atomic mass is 9.92. The molecule has 1 N–H and O–H groups in total. The summed E-state index contributed by atoms with van der Waals surface area (Å²) in [6.07, 6.45) is 0.390. The number of nitrogens with one attached hydrogen (secondary N) is 1. The van der Waals surface area contributed by atoms with Gasteiger partial charge >= 0.3 is 5.92 Å². The molecule has 0 spiro atoms. The van der Waals surface area contributed by atoms with Crippen molar-refractivity contribution in [3.8, 4) is 5.75 Å². The van der Waals surface area contributed by atoms with E-state index < -0.39 is 23.4 Å². The van der Waals surface area contributed by atoms with Gasteiger partial charge in [0.25, 0.3) is 11.8 Å². The molecule has 2 heterocycles. The minimum absolute atomic E-state index is 0.122. The maximum absolute atomic E-state index is 15.0. The van der Waals surface area contributed by atoms with E-state index in [-0.39, 0.29) is 49.2 Å². The van der Waals surface area contributed by atoms with E-state index in [0.29, 0.717) is 49.5 Å². The minimum atomic E-state index is -3.79. The summed E-state index contributed by atoms with van der Waals surface area (Å²) in [6.45, 7) is 3.90. The Morgan fingerprint density at radius 1 is 1.10 bits per heavy atom. The third-order valence-electron chi connectivity index (χ3n) is 7.53. The lowest BCUT2D eigenvalue weighted by Gasteiger charge is -2.29. The standard InChI is InChI=1S/C29H31F2N3O6/c30-29(31,21-2-1-3-23(15-21)40-13-10-33-8-11-39-12-9-33)28(38)32-17-19-4-6-24-20(14-19)18-34(27(24)37)25-7-5-22(35)16-26(25)36/h1-4,6,14-15,25H,5,7-13,16-18H2,(H,32,38). The first kappa shape index (κ1) is 27.9.